The fraction of sp³-hybridized carbons (Fsp3) is 0.450. The highest BCUT2D eigenvalue weighted by molar-refractivity contribution is 7.23. The summed E-state index contributed by atoms with van der Waals surface area (Å²) in [7, 11) is 4.06. The predicted octanol–water partition coefficient (Wildman–Crippen LogP) is 5.06. The van der Waals surface area contributed by atoms with E-state index >= 15 is 0 Å². The Morgan fingerprint density at radius 2 is 1.97 bits per heavy atom. The second kappa shape index (κ2) is 9.89. The van der Waals surface area contributed by atoms with Gasteiger partial charge >= 0.3 is 0 Å². The molecule has 2 heterocycles. The Morgan fingerprint density at radius 1 is 1.24 bits per heavy atom. The number of carbonyl (C=O) groups is 1. The molecule has 0 saturated carbocycles. The number of aryl methyl sites for hydroxylation is 1. The minimum Gasteiger partial charge on any atom is -0.309 e. The van der Waals surface area contributed by atoms with Gasteiger partial charge in [0.05, 0.1) is 15.2 Å². The molecule has 0 radical (unpaired) electrons. The number of benzene rings is 1. The second-order valence-electron chi connectivity index (χ2n) is 7.41. The average Bonchev–Trinajstić information content (AvgIpc) is 3.29. The van der Waals surface area contributed by atoms with Crippen molar-refractivity contribution in [3.8, 4) is 0 Å². The van der Waals surface area contributed by atoms with Gasteiger partial charge in [-0.05, 0) is 65.5 Å². The van der Waals surface area contributed by atoms with E-state index in [1.165, 1.54) is 11.3 Å². The number of halogens is 2. The zero-order valence-corrected chi connectivity index (χ0v) is 19.7. The normalized spacial score (nSPS) is 11.3. The third-order valence-electron chi connectivity index (χ3n) is 4.53. The van der Waals surface area contributed by atoms with Gasteiger partial charge in [0.15, 0.2) is 5.13 Å². The molecule has 6 nitrogen and oxygen atoms in total. The average molecular weight is 456 g/mol. The Labute approximate surface area is 186 Å². The number of anilines is 1. The fourth-order valence-corrected chi connectivity index (χ4v) is 4.41. The van der Waals surface area contributed by atoms with Crippen LogP contribution in [0.4, 0.5) is 5.13 Å². The van der Waals surface area contributed by atoms with Crippen molar-refractivity contribution in [1.29, 1.82) is 0 Å². The molecule has 0 unspecified atom stereocenters. The van der Waals surface area contributed by atoms with Gasteiger partial charge in [0, 0.05) is 18.8 Å². The predicted molar refractivity (Wildman–Crippen MR) is 124 cm³/mol. The molecule has 0 bridgehead atoms. The van der Waals surface area contributed by atoms with Crippen molar-refractivity contribution < 1.29 is 4.79 Å². The first-order chi connectivity index (χ1) is 13.3. The molecular formula is C20H27Cl2N5OS. The van der Waals surface area contributed by atoms with Crippen molar-refractivity contribution in [1.82, 2.24) is 19.7 Å². The van der Waals surface area contributed by atoms with Crippen LogP contribution in [0.2, 0.25) is 5.02 Å². The van der Waals surface area contributed by atoms with Gasteiger partial charge in [-0.2, -0.15) is 5.10 Å². The molecule has 9 heteroatoms. The number of hydrogen-bond donors (Lipinski definition) is 0. The molecule has 0 aliphatic carbocycles. The Bertz CT molecular complexity index is 944. The van der Waals surface area contributed by atoms with Gasteiger partial charge in [0.1, 0.15) is 5.69 Å². The standard InChI is InChI=1S/C20H26ClN5OS.ClH/c1-13(2)26-16(9-10-22-26)19(27)25(12-6-11-24(4)5)20-23-17-14(3)7-8-15(21)18(17)28-20;/h7-10,13H,6,11-12H2,1-5H3;1H. The van der Waals surface area contributed by atoms with Crippen molar-refractivity contribution in [2.24, 2.45) is 0 Å². The maximum atomic E-state index is 13.4. The van der Waals surface area contributed by atoms with Crippen molar-refractivity contribution in [3.05, 3.63) is 40.7 Å². The van der Waals surface area contributed by atoms with Crippen LogP contribution in [0.1, 0.15) is 42.4 Å². The van der Waals surface area contributed by atoms with E-state index in [1.807, 2.05) is 47.0 Å². The number of rotatable bonds is 7. The SMILES string of the molecule is Cc1ccc(Cl)c2sc(N(CCCN(C)C)C(=O)c3ccnn3C(C)C)nc12.Cl. The summed E-state index contributed by atoms with van der Waals surface area (Å²) >= 11 is 7.85. The molecule has 0 saturated heterocycles. The Kier molecular flexibility index (Phi) is 8.05. The molecule has 0 aliphatic heterocycles. The first-order valence-corrected chi connectivity index (χ1v) is 10.5. The van der Waals surface area contributed by atoms with E-state index < -0.39 is 0 Å². The lowest BCUT2D eigenvalue weighted by Crippen LogP contribution is -2.35. The van der Waals surface area contributed by atoms with Gasteiger partial charge in [-0.15, -0.1) is 12.4 Å². The zero-order valence-electron chi connectivity index (χ0n) is 17.3. The molecule has 0 N–H and O–H groups in total. The smallest absolute Gasteiger partial charge is 0.278 e. The zero-order chi connectivity index (χ0) is 20.4. The highest BCUT2D eigenvalue weighted by atomic mass is 35.5. The number of nitrogens with zero attached hydrogens (tertiary/aromatic N) is 5. The molecule has 1 amide bonds. The van der Waals surface area contributed by atoms with E-state index in [9.17, 15) is 4.79 Å². The van der Waals surface area contributed by atoms with E-state index in [4.69, 9.17) is 16.6 Å². The first-order valence-electron chi connectivity index (χ1n) is 9.35. The van der Waals surface area contributed by atoms with Gasteiger partial charge in [0.25, 0.3) is 5.91 Å². The van der Waals surface area contributed by atoms with Crippen LogP contribution in [0.3, 0.4) is 0 Å². The molecule has 0 aliphatic rings. The quantitative estimate of drug-likeness (QED) is 0.499. The summed E-state index contributed by atoms with van der Waals surface area (Å²) in [6, 6.07) is 5.71. The molecule has 0 atom stereocenters. The highest BCUT2D eigenvalue weighted by Crippen LogP contribution is 2.36. The Balaban J connectivity index is 0.00000300. The highest BCUT2D eigenvalue weighted by Gasteiger charge is 2.25. The van der Waals surface area contributed by atoms with Crippen molar-refractivity contribution >= 4 is 56.6 Å². The number of thiazole rings is 1. The minimum absolute atomic E-state index is 0. The van der Waals surface area contributed by atoms with Gasteiger partial charge in [0.2, 0.25) is 0 Å². The first kappa shape index (κ1) is 23.6. The summed E-state index contributed by atoms with van der Waals surface area (Å²) in [6.07, 6.45) is 2.52. The van der Waals surface area contributed by atoms with Crippen molar-refractivity contribution in [3.63, 3.8) is 0 Å². The van der Waals surface area contributed by atoms with E-state index in [0.717, 1.165) is 28.7 Å². The van der Waals surface area contributed by atoms with Crippen molar-refractivity contribution in [2.75, 3.05) is 32.1 Å². The van der Waals surface area contributed by atoms with Gasteiger partial charge in [-0.1, -0.05) is 29.0 Å². The number of amides is 1. The van der Waals surface area contributed by atoms with E-state index in [0.29, 0.717) is 22.4 Å². The topological polar surface area (TPSA) is 54.3 Å². The number of aromatic nitrogens is 3. The molecule has 29 heavy (non-hydrogen) atoms. The third kappa shape index (κ3) is 5.09. The lowest BCUT2D eigenvalue weighted by molar-refractivity contribution is 0.0974. The van der Waals surface area contributed by atoms with Crippen LogP contribution in [0.15, 0.2) is 24.4 Å². The maximum absolute atomic E-state index is 13.4. The molecule has 0 fully saturated rings. The minimum atomic E-state index is -0.0854. The Morgan fingerprint density at radius 3 is 2.59 bits per heavy atom. The molecule has 3 aromatic rings. The monoisotopic (exact) mass is 455 g/mol. The molecule has 3 rings (SSSR count). The van der Waals surface area contributed by atoms with E-state index in [-0.39, 0.29) is 24.4 Å². The van der Waals surface area contributed by atoms with Gasteiger partial charge < -0.3 is 4.90 Å². The summed E-state index contributed by atoms with van der Waals surface area (Å²) in [6.45, 7) is 7.50. The molecule has 0 spiro atoms. The van der Waals surface area contributed by atoms with Crippen LogP contribution >= 0.6 is 35.3 Å². The van der Waals surface area contributed by atoms with Crippen molar-refractivity contribution in [2.45, 2.75) is 33.2 Å². The molecule has 1 aromatic carbocycles. The largest absolute Gasteiger partial charge is 0.309 e. The lowest BCUT2D eigenvalue weighted by atomic mass is 10.2. The van der Waals surface area contributed by atoms with Crippen LogP contribution in [0, 0.1) is 6.92 Å². The molecule has 2 aromatic heterocycles. The molecule has 158 valence electrons. The number of fused-ring (bicyclic) bond motifs is 1. The summed E-state index contributed by atoms with van der Waals surface area (Å²) in [5.74, 6) is -0.0854. The fourth-order valence-electron chi connectivity index (χ4n) is 3.07. The van der Waals surface area contributed by atoms with Crippen LogP contribution in [0.5, 0.6) is 0 Å². The summed E-state index contributed by atoms with van der Waals surface area (Å²) in [4.78, 5) is 22.1. The number of hydrogen-bond acceptors (Lipinski definition) is 5. The van der Waals surface area contributed by atoms with Gasteiger partial charge in [-0.3, -0.25) is 14.4 Å². The Hall–Kier alpha value is -1.67. The van der Waals surface area contributed by atoms with E-state index in [2.05, 4.69) is 10.00 Å². The lowest BCUT2D eigenvalue weighted by Gasteiger charge is -2.22. The van der Waals surface area contributed by atoms with E-state index in [1.54, 1.807) is 21.8 Å². The maximum Gasteiger partial charge on any atom is 0.278 e. The summed E-state index contributed by atoms with van der Waals surface area (Å²) < 4.78 is 2.67. The number of carbonyl (C=O) groups excluding carboxylic acids is 1. The molecular weight excluding hydrogens is 429 g/mol. The third-order valence-corrected chi connectivity index (χ3v) is 6.07. The van der Waals surface area contributed by atoms with Crippen LogP contribution in [0.25, 0.3) is 10.2 Å². The second-order valence-corrected chi connectivity index (χ2v) is 8.79. The van der Waals surface area contributed by atoms with Crippen LogP contribution < -0.4 is 4.90 Å². The van der Waals surface area contributed by atoms with Crippen LogP contribution in [-0.4, -0.2) is 52.8 Å². The summed E-state index contributed by atoms with van der Waals surface area (Å²) in [5.41, 5.74) is 2.48. The summed E-state index contributed by atoms with van der Waals surface area (Å²) in [5, 5.41) is 5.65. The van der Waals surface area contributed by atoms with Crippen LogP contribution in [-0.2, 0) is 0 Å². The van der Waals surface area contributed by atoms with Gasteiger partial charge in [-0.25, -0.2) is 4.98 Å².